The Morgan fingerprint density at radius 3 is 2.75 bits per heavy atom. The molecule has 8 heteroatoms. The first-order valence-electron chi connectivity index (χ1n) is 6.00. The summed E-state index contributed by atoms with van der Waals surface area (Å²) in [6.07, 6.45) is 1.56. The molecule has 1 unspecified atom stereocenters. The lowest BCUT2D eigenvalue weighted by atomic mass is 10.1. The van der Waals surface area contributed by atoms with E-state index in [9.17, 15) is 0 Å². The van der Waals surface area contributed by atoms with Crippen LogP contribution in [0.15, 0.2) is 18.3 Å². The van der Waals surface area contributed by atoms with Crippen LogP contribution in [-0.4, -0.2) is 40.8 Å². The van der Waals surface area contributed by atoms with Crippen molar-refractivity contribution in [3.05, 3.63) is 34.7 Å². The summed E-state index contributed by atoms with van der Waals surface area (Å²) in [4.78, 5) is 0. The van der Waals surface area contributed by atoms with E-state index in [1.54, 1.807) is 30.1 Å². The van der Waals surface area contributed by atoms with E-state index in [4.69, 9.17) is 26.8 Å². The van der Waals surface area contributed by atoms with Crippen molar-refractivity contribution < 1.29 is 9.47 Å². The predicted octanol–water partition coefficient (Wildman–Crippen LogP) is 1.03. The number of rotatable bonds is 6. The number of nitrogens with two attached hydrogens (primary N) is 1. The molecule has 0 aromatic carbocycles. The molecule has 0 aliphatic carbocycles. The second-order valence-electron chi connectivity index (χ2n) is 4.07. The summed E-state index contributed by atoms with van der Waals surface area (Å²) in [5, 5.41) is 12.6. The standard InChI is InChI=1S/C12H16ClN5O2/c1-19-6-5-18-12(8(13)7-15-18)11(14)9-3-4-10(20-2)17-16-9/h3-4,7,11H,5-6,14H2,1-2H3. The molecular weight excluding hydrogens is 282 g/mol. The summed E-state index contributed by atoms with van der Waals surface area (Å²) in [6, 6.07) is 2.94. The lowest BCUT2D eigenvalue weighted by Gasteiger charge is -2.14. The molecule has 108 valence electrons. The van der Waals surface area contributed by atoms with Gasteiger partial charge in [0.1, 0.15) is 0 Å². The number of aromatic nitrogens is 4. The van der Waals surface area contributed by atoms with Crippen LogP contribution < -0.4 is 10.5 Å². The van der Waals surface area contributed by atoms with E-state index in [0.29, 0.717) is 35.4 Å². The number of ether oxygens (including phenoxy) is 2. The highest BCUT2D eigenvalue weighted by atomic mass is 35.5. The second-order valence-corrected chi connectivity index (χ2v) is 4.48. The maximum atomic E-state index is 6.20. The normalized spacial score (nSPS) is 12.4. The van der Waals surface area contributed by atoms with Crippen molar-refractivity contribution in [3.63, 3.8) is 0 Å². The summed E-state index contributed by atoms with van der Waals surface area (Å²) in [7, 11) is 3.15. The molecule has 1 atom stereocenters. The Kier molecular flexibility index (Phi) is 4.89. The maximum absolute atomic E-state index is 6.20. The molecule has 0 saturated heterocycles. The van der Waals surface area contributed by atoms with Gasteiger partial charge < -0.3 is 15.2 Å². The number of halogens is 1. The van der Waals surface area contributed by atoms with Gasteiger partial charge in [0.2, 0.25) is 5.88 Å². The topological polar surface area (TPSA) is 88.1 Å². The Hall–Kier alpha value is -1.70. The molecule has 20 heavy (non-hydrogen) atoms. The molecule has 2 aromatic rings. The number of hydrogen-bond donors (Lipinski definition) is 1. The van der Waals surface area contributed by atoms with Crippen LogP contribution in [0, 0.1) is 0 Å². The predicted molar refractivity (Wildman–Crippen MR) is 73.7 cm³/mol. The average Bonchev–Trinajstić information content (AvgIpc) is 2.85. The minimum atomic E-state index is -0.514. The minimum absolute atomic E-state index is 0.430. The lowest BCUT2D eigenvalue weighted by molar-refractivity contribution is 0.182. The molecule has 2 rings (SSSR count). The van der Waals surface area contributed by atoms with Crippen molar-refractivity contribution in [2.45, 2.75) is 12.6 Å². The van der Waals surface area contributed by atoms with Gasteiger partial charge in [-0.2, -0.15) is 5.10 Å². The van der Waals surface area contributed by atoms with Crippen LogP contribution in [0.4, 0.5) is 0 Å². The molecule has 0 aliphatic heterocycles. The van der Waals surface area contributed by atoms with E-state index >= 15 is 0 Å². The van der Waals surface area contributed by atoms with Crippen LogP contribution in [0.25, 0.3) is 0 Å². The highest BCUT2D eigenvalue weighted by Crippen LogP contribution is 2.25. The van der Waals surface area contributed by atoms with Crippen molar-refractivity contribution in [1.82, 2.24) is 20.0 Å². The molecule has 0 radical (unpaired) electrons. The first kappa shape index (κ1) is 14.7. The molecule has 2 heterocycles. The number of hydrogen-bond acceptors (Lipinski definition) is 6. The highest BCUT2D eigenvalue weighted by molar-refractivity contribution is 6.31. The van der Waals surface area contributed by atoms with E-state index in [2.05, 4.69) is 15.3 Å². The minimum Gasteiger partial charge on any atom is -0.480 e. The largest absolute Gasteiger partial charge is 0.480 e. The van der Waals surface area contributed by atoms with Crippen molar-refractivity contribution >= 4 is 11.6 Å². The van der Waals surface area contributed by atoms with Gasteiger partial charge in [0.25, 0.3) is 0 Å². The van der Waals surface area contributed by atoms with Crippen LogP contribution in [0.5, 0.6) is 5.88 Å². The summed E-state index contributed by atoms with van der Waals surface area (Å²) in [5.74, 6) is 0.430. The van der Waals surface area contributed by atoms with Gasteiger partial charge in [0.15, 0.2) is 0 Å². The Balaban J connectivity index is 2.26. The van der Waals surface area contributed by atoms with Crippen molar-refractivity contribution in [2.24, 2.45) is 5.73 Å². The third-order valence-corrected chi connectivity index (χ3v) is 3.11. The van der Waals surface area contributed by atoms with E-state index < -0.39 is 6.04 Å². The van der Waals surface area contributed by atoms with Crippen molar-refractivity contribution in [3.8, 4) is 5.88 Å². The molecule has 0 amide bonds. The summed E-state index contributed by atoms with van der Waals surface area (Å²) < 4.78 is 11.7. The summed E-state index contributed by atoms with van der Waals surface area (Å²) in [5.41, 5.74) is 7.47. The molecule has 2 aromatic heterocycles. The zero-order chi connectivity index (χ0) is 14.5. The van der Waals surface area contributed by atoms with Gasteiger partial charge in [-0.3, -0.25) is 4.68 Å². The average molecular weight is 298 g/mol. The van der Waals surface area contributed by atoms with Crippen LogP contribution in [0.3, 0.4) is 0 Å². The number of nitrogens with zero attached hydrogens (tertiary/aromatic N) is 4. The van der Waals surface area contributed by atoms with E-state index in [-0.39, 0.29) is 0 Å². The third-order valence-electron chi connectivity index (χ3n) is 2.82. The quantitative estimate of drug-likeness (QED) is 0.857. The Morgan fingerprint density at radius 2 is 2.15 bits per heavy atom. The van der Waals surface area contributed by atoms with Gasteiger partial charge in [0, 0.05) is 13.2 Å². The fourth-order valence-electron chi connectivity index (χ4n) is 1.78. The molecule has 7 nitrogen and oxygen atoms in total. The molecule has 0 saturated carbocycles. The first-order valence-corrected chi connectivity index (χ1v) is 6.38. The molecule has 0 fully saturated rings. The fourth-order valence-corrected chi connectivity index (χ4v) is 2.04. The van der Waals surface area contributed by atoms with Crippen LogP contribution in [0.1, 0.15) is 17.4 Å². The Labute approximate surface area is 121 Å². The zero-order valence-corrected chi connectivity index (χ0v) is 12.0. The van der Waals surface area contributed by atoms with Gasteiger partial charge in [-0.05, 0) is 6.07 Å². The third kappa shape index (κ3) is 3.06. The maximum Gasteiger partial charge on any atom is 0.233 e. The lowest BCUT2D eigenvalue weighted by Crippen LogP contribution is -2.20. The molecular formula is C12H16ClN5O2. The van der Waals surface area contributed by atoms with Gasteiger partial charge in [-0.1, -0.05) is 11.6 Å². The van der Waals surface area contributed by atoms with E-state index in [1.807, 2.05) is 0 Å². The number of methoxy groups -OCH3 is 2. The van der Waals surface area contributed by atoms with Gasteiger partial charge in [-0.25, -0.2) is 0 Å². The van der Waals surface area contributed by atoms with E-state index in [1.165, 1.54) is 7.11 Å². The summed E-state index contributed by atoms with van der Waals surface area (Å²) >= 11 is 6.15. The van der Waals surface area contributed by atoms with E-state index in [0.717, 1.165) is 0 Å². The second kappa shape index (κ2) is 6.65. The molecule has 0 aliphatic rings. The smallest absolute Gasteiger partial charge is 0.233 e. The van der Waals surface area contributed by atoms with Gasteiger partial charge in [-0.15, -0.1) is 10.2 Å². The SMILES string of the molecule is COCCn1ncc(Cl)c1C(N)c1ccc(OC)nn1. The first-order chi connectivity index (χ1) is 9.67. The Morgan fingerprint density at radius 1 is 1.35 bits per heavy atom. The van der Waals surface area contributed by atoms with Crippen molar-refractivity contribution in [2.75, 3.05) is 20.8 Å². The van der Waals surface area contributed by atoms with Crippen LogP contribution >= 0.6 is 11.6 Å². The van der Waals surface area contributed by atoms with Crippen LogP contribution in [-0.2, 0) is 11.3 Å². The molecule has 0 bridgehead atoms. The zero-order valence-electron chi connectivity index (χ0n) is 11.3. The Bertz CT molecular complexity index is 557. The highest BCUT2D eigenvalue weighted by Gasteiger charge is 2.20. The van der Waals surface area contributed by atoms with Gasteiger partial charge in [0.05, 0.1) is 48.9 Å². The van der Waals surface area contributed by atoms with Crippen LogP contribution in [0.2, 0.25) is 5.02 Å². The summed E-state index contributed by atoms with van der Waals surface area (Å²) in [6.45, 7) is 1.09. The fraction of sp³-hybridized carbons (Fsp3) is 0.417. The monoisotopic (exact) mass is 297 g/mol. The molecule has 0 spiro atoms. The van der Waals surface area contributed by atoms with Gasteiger partial charge >= 0.3 is 0 Å². The molecule has 2 N–H and O–H groups in total. The van der Waals surface area contributed by atoms with Crippen molar-refractivity contribution in [1.29, 1.82) is 0 Å².